The first-order valence-electron chi connectivity index (χ1n) is 11.1. The zero-order chi connectivity index (χ0) is 22.2. The Hall–Kier alpha value is -2.94. The molecule has 0 N–H and O–H groups in total. The number of methoxy groups -OCH3 is 1. The fourth-order valence-electron chi connectivity index (χ4n) is 4.33. The molecule has 162 valence electrons. The number of Topliss-reactive ketones (excluding diaryl/α,β-unsaturated/α-hetero) is 2. The smallest absolute Gasteiger partial charge is 0.163 e. The SMILES string of the molecule is CCC1C(CCC(=O)Cc2cccc(OC)c2)=CC=C1CCC(=O)c1cccc(C)c1. The molecule has 0 spiro atoms. The zero-order valence-electron chi connectivity index (χ0n) is 18.8. The molecular formula is C28H32O3. The van der Waals surface area contributed by atoms with Crippen LogP contribution in [0.25, 0.3) is 0 Å². The summed E-state index contributed by atoms with van der Waals surface area (Å²) in [6.45, 7) is 4.19. The molecule has 2 aromatic rings. The first-order chi connectivity index (χ1) is 15.0. The van der Waals surface area contributed by atoms with Gasteiger partial charge in [-0.15, -0.1) is 0 Å². The van der Waals surface area contributed by atoms with Gasteiger partial charge in [0.05, 0.1) is 7.11 Å². The standard InChI is InChI=1S/C28H32O3/c1-4-27-22(13-15-25(29)18-21-8-6-10-26(19-21)31-3)11-12-23(27)14-16-28(30)24-9-5-7-20(2)17-24/h5-12,17,19,27H,4,13-16,18H2,1-3H3. The van der Waals surface area contributed by atoms with Crippen LogP contribution in [-0.4, -0.2) is 18.7 Å². The van der Waals surface area contributed by atoms with Gasteiger partial charge >= 0.3 is 0 Å². The molecule has 3 heteroatoms. The van der Waals surface area contributed by atoms with Crippen molar-refractivity contribution in [3.63, 3.8) is 0 Å². The normalized spacial score (nSPS) is 15.4. The second kappa shape index (κ2) is 10.9. The van der Waals surface area contributed by atoms with Crippen LogP contribution < -0.4 is 4.74 Å². The summed E-state index contributed by atoms with van der Waals surface area (Å²) < 4.78 is 5.24. The predicted molar refractivity (Wildman–Crippen MR) is 126 cm³/mol. The van der Waals surface area contributed by atoms with Gasteiger partial charge in [-0.05, 0) is 49.9 Å². The zero-order valence-corrected chi connectivity index (χ0v) is 18.8. The van der Waals surface area contributed by atoms with Crippen molar-refractivity contribution in [3.8, 4) is 5.75 Å². The van der Waals surface area contributed by atoms with Crippen molar-refractivity contribution >= 4 is 11.6 Å². The Kier molecular flexibility index (Phi) is 8.00. The van der Waals surface area contributed by atoms with E-state index in [1.807, 2.05) is 55.5 Å². The Morgan fingerprint density at radius 1 is 0.935 bits per heavy atom. The minimum absolute atomic E-state index is 0.196. The van der Waals surface area contributed by atoms with E-state index in [9.17, 15) is 9.59 Å². The molecule has 0 fully saturated rings. The molecule has 1 aliphatic rings. The number of rotatable bonds is 11. The van der Waals surface area contributed by atoms with Crippen LogP contribution in [0.3, 0.4) is 0 Å². The number of hydrogen-bond acceptors (Lipinski definition) is 3. The number of carbonyl (C=O) groups is 2. The Morgan fingerprint density at radius 3 is 2.32 bits per heavy atom. The third-order valence-corrected chi connectivity index (χ3v) is 6.02. The van der Waals surface area contributed by atoms with Gasteiger partial charge in [0.2, 0.25) is 0 Å². The molecule has 1 unspecified atom stereocenters. The number of aryl methyl sites for hydroxylation is 1. The van der Waals surface area contributed by atoms with Crippen LogP contribution >= 0.6 is 0 Å². The number of benzene rings is 2. The number of allylic oxidation sites excluding steroid dienone is 4. The molecule has 0 saturated heterocycles. The summed E-state index contributed by atoms with van der Waals surface area (Å²) >= 11 is 0. The van der Waals surface area contributed by atoms with Crippen molar-refractivity contribution in [1.82, 2.24) is 0 Å². The molecule has 0 aliphatic heterocycles. The van der Waals surface area contributed by atoms with Crippen LogP contribution in [0.4, 0.5) is 0 Å². The van der Waals surface area contributed by atoms with Gasteiger partial charge in [-0.25, -0.2) is 0 Å². The highest BCUT2D eigenvalue weighted by molar-refractivity contribution is 5.96. The van der Waals surface area contributed by atoms with E-state index in [2.05, 4.69) is 19.1 Å². The van der Waals surface area contributed by atoms with Gasteiger partial charge in [0.15, 0.2) is 5.78 Å². The molecule has 3 rings (SSSR count). The van der Waals surface area contributed by atoms with Crippen LogP contribution in [0.2, 0.25) is 0 Å². The molecule has 0 radical (unpaired) electrons. The predicted octanol–water partition coefficient (Wildman–Crippen LogP) is 6.45. The average Bonchev–Trinajstić information content (AvgIpc) is 3.18. The van der Waals surface area contributed by atoms with E-state index in [1.165, 1.54) is 11.1 Å². The lowest BCUT2D eigenvalue weighted by Gasteiger charge is -2.18. The van der Waals surface area contributed by atoms with Gasteiger partial charge in [-0.1, -0.05) is 66.1 Å². The molecule has 1 atom stereocenters. The number of ether oxygens (including phenoxy) is 1. The average molecular weight is 417 g/mol. The topological polar surface area (TPSA) is 43.4 Å². The molecule has 1 aliphatic carbocycles. The maximum Gasteiger partial charge on any atom is 0.163 e. The van der Waals surface area contributed by atoms with Gasteiger partial charge in [0, 0.05) is 30.7 Å². The van der Waals surface area contributed by atoms with Crippen molar-refractivity contribution < 1.29 is 14.3 Å². The van der Waals surface area contributed by atoms with E-state index < -0.39 is 0 Å². The van der Waals surface area contributed by atoms with Gasteiger partial charge in [-0.2, -0.15) is 0 Å². The Morgan fingerprint density at radius 2 is 1.65 bits per heavy atom. The maximum absolute atomic E-state index is 12.6. The van der Waals surface area contributed by atoms with Gasteiger partial charge in [0.1, 0.15) is 11.5 Å². The lowest BCUT2D eigenvalue weighted by atomic mass is 9.87. The molecular weight excluding hydrogens is 384 g/mol. The summed E-state index contributed by atoms with van der Waals surface area (Å²) in [5.41, 5.74) is 5.53. The van der Waals surface area contributed by atoms with Gasteiger partial charge in [0.25, 0.3) is 0 Å². The molecule has 0 amide bonds. The lowest BCUT2D eigenvalue weighted by Crippen LogP contribution is -2.09. The third-order valence-electron chi connectivity index (χ3n) is 6.02. The van der Waals surface area contributed by atoms with Crippen LogP contribution in [-0.2, 0) is 11.2 Å². The summed E-state index contributed by atoms with van der Waals surface area (Å²) in [6.07, 6.45) is 8.41. The largest absolute Gasteiger partial charge is 0.497 e. The van der Waals surface area contributed by atoms with Crippen LogP contribution in [0, 0.1) is 12.8 Å². The molecule has 0 saturated carbocycles. The van der Waals surface area contributed by atoms with Gasteiger partial charge in [-0.3, -0.25) is 9.59 Å². The molecule has 2 aromatic carbocycles. The van der Waals surface area contributed by atoms with E-state index in [1.54, 1.807) is 7.11 Å². The Balaban J connectivity index is 1.49. The Bertz CT molecular complexity index is 997. The van der Waals surface area contributed by atoms with Crippen LogP contribution in [0.5, 0.6) is 5.75 Å². The van der Waals surface area contributed by atoms with Crippen molar-refractivity contribution in [1.29, 1.82) is 0 Å². The molecule has 0 bridgehead atoms. The first kappa shape index (κ1) is 22.7. The number of carbonyl (C=O) groups excluding carboxylic acids is 2. The van der Waals surface area contributed by atoms with Crippen molar-refractivity contribution in [2.45, 2.75) is 52.4 Å². The quantitative estimate of drug-likeness (QED) is 0.395. The van der Waals surface area contributed by atoms with Crippen molar-refractivity contribution in [3.05, 3.63) is 88.5 Å². The Labute approximate surface area is 185 Å². The highest BCUT2D eigenvalue weighted by Crippen LogP contribution is 2.35. The summed E-state index contributed by atoms with van der Waals surface area (Å²) in [6, 6.07) is 15.5. The van der Waals surface area contributed by atoms with Gasteiger partial charge < -0.3 is 4.74 Å². The third kappa shape index (κ3) is 6.27. The molecule has 31 heavy (non-hydrogen) atoms. The fourth-order valence-corrected chi connectivity index (χ4v) is 4.33. The van der Waals surface area contributed by atoms with E-state index in [0.717, 1.165) is 41.7 Å². The van der Waals surface area contributed by atoms with Crippen LogP contribution in [0.15, 0.2) is 71.8 Å². The lowest BCUT2D eigenvalue weighted by molar-refractivity contribution is -0.118. The molecule has 0 aromatic heterocycles. The minimum Gasteiger partial charge on any atom is -0.497 e. The van der Waals surface area contributed by atoms with E-state index in [-0.39, 0.29) is 11.6 Å². The molecule has 3 nitrogen and oxygen atoms in total. The fraction of sp³-hybridized carbons (Fsp3) is 0.357. The van der Waals surface area contributed by atoms with Crippen molar-refractivity contribution in [2.75, 3.05) is 7.11 Å². The first-order valence-corrected chi connectivity index (χ1v) is 11.1. The van der Waals surface area contributed by atoms with E-state index in [4.69, 9.17) is 4.74 Å². The number of ketones is 2. The van der Waals surface area contributed by atoms with Crippen molar-refractivity contribution in [2.24, 2.45) is 5.92 Å². The summed E-state index contributed by atoms with van der Waals surface area (Å²) in [5.74, 6) is 1.58. The monoisotopic (exact) mass is 416 g/mol. The summed E-state index contributed by atoms with van der Waals surface area (Å²) in [7, 11) is 1.64. The van der Waals surface area contributed by atoms with Crippen LogP contribution in [0.1, 0.15) is 60.5 Å². The highest BCUT2D eigenvalue weighted by atomic mass is 16.5. The second-order valence-electron chi connectivity index (χ2n) is 8.30. The summed E-state index contributed by atoms with van der Waals surface area (Å²) in [5, 5.41) is 0. The van der Waals surface area contributed by atoms with E-state index >= 15 is 0 Å². The minimum atomic E-state index is 0.196. The van der Waals surface area contributed by atoms with E-state index in [0.29, 0.717) is 25.2 Å². The highest BCUT2D eigenvalue weighted by Gasteiger charge is 2.22. The number of hydrogen-bond donors (Lipinski definition) is 0. The molecule has 0 heterocycles. The maximum atomic E-state index is 12.6. The summed E-state index contributed by atoms with van der Waals surface area (Å²) in [4.78, 5) is 25.1. The second-order valence-corrected chi connectivity index (χ2v) is 8.30.